The number of ether oxygens (including phenoxy) is 2. The summed E-state index contributed by atoms with van der Waals surface area (Å²) >= 11 is 0. The monoisotopic (exact) mass is 317 g/mol. The minimum absolute atomic E-state index is 0.0584. The quantitative estimate of drug-likeness (QED) is 0.802. The fourth-order valence-corrected chi connectivity index (χ4v) is 2.60. The fourth-order valence-electron chi connectivity index (χ4n) is 2.60. The van der Waals surface area contributed by atoms with Crippen LogP contribution in [0.5, 0.6) is 5.75 Å². The maximum Gasteiger partial charge on any atom is 0.319 e. The van der Waals surface area contributed by atoms with Crippen LogP contribution < -0.4 is 20.8 Å². The van der Waals surface area contributed by atoms with Crippen molar-refractivity contribution in [2.45, 2.75) is 18.9 Å². The molecule has 122 valence electrons. The first-order valence-electron chi connectivity index (χ1n) is 7.53. The zero-order chi connectivity index (χ0) is 16.2. The first-order chi connectivity index (χ1) is 11.2. The Hall–Kier alpha value is -2.54. The minimum atomic E-state index is -0.418. The molecule has 2 heterocycles. The van der Waals surface area contributed by atoms with Crippen LogP contribution in [0.1, 0.15) is 12.8 Å². The molecule has 3 rings (SSSR count). The van der Waals surface area contributed by atoms with Gasteiger partial charge in [-0.15, -0.1) is 0 Å². The molecule has 0 bridgehead atoms. The number of carbonyl (C=O) groups excluding carboxylic acids is 1. The molecule has 7 nitrogen and oxygen atoms in total. The average Bonchev–Trinajstić information content (AvgIpc) is 3.09. The number of methoxy groups -OCH3 is 1. The molecule has 1 atom stereocenters. The largest absolute Gasteiger partial charge is 0.497 e. The Balaban J connectivity index is 1.71. The van der Waals surface area contributed by atoms with Crippen molar-refractivity contribution in [2.75, 3.05) is 25.6 Å². The number of carbonyl (C=O) groups is 1. The van der Waals surface area contributed by atoms with Crippen LogP contribution in [0.15, 0.2) is 29.2 Å². The molecule has 0 radical (unpaired) electrons. The summed E-state index contributed by atoms with van der Waals surface area (Å²) in [7, 11) is 1.56. The van der Waals surface area contributed by atoms with Gasteiger partial charge < -0.3 is 25.1 Å². The van der Waals surface area contributed by atoms with E-state index in [0.717, 1.165) is 19.4 Å². The van der Waals surface area contributed by atoms with E-state index in [1.807, 2.05) is 0 Å². The molecule has 1 unspecified atom stereocenters. The summed E-state index contributed by atoms with van der Waals surface area (Å²) in [5.41, 5.74) is 0.612. The zero-order valence-corrected chi connectivity index (χ0v) is 12.8. The number of nitrogens with one attached hydrogen (secondary N) is 3. The van der Waals surface area contributed by atoms with E-state index in [-0.39, 0.29) is 17.2 Å². The Labute approximate surface area is 133 Å². The zero-order valence-electron chi connectivity index (χ0n) is 12.8. The molecule has 0 spiro atoms. The lowest BCUT2D eigenvalue weighted by molar-refractivity contribution is 0.112. The second kappa shape index (κ2) is 6.70. The smallest absolute Gasteiger partial charge is 0.319 e. The number of fused-ring (bicyclic) bond motifs is 1. The van der Waals surface area contributed by atoms with Crippen LogP contribution >= 0.6 is 0 Å². The van der Waals surface area contributed by atoms with E-state index in [0.29, 0.717) is 23.2 Å². The average molecular weight is 317 g/mol. The number of urea groups is 1. The second-order valence-electron chi connectivity index (χ2n) is 5.41. The number of H-pyrrole nitrogens is 1. The van der Waals surface area contributed by atoms with Crippen molar-refractivity contribution in [3.8, 4) is 5.75 Å². The second-order valence-corrected chi connectivity index (χ2v) is 5.41. The SMILES string of the molecule is COc1ccc2c(=O)c(NC(=O)NCC3CCCO3)c[nH]c2c1. The van der Waals surface area contributed by atoms with Crippen LogP contribution in [0.4, 0.5) is 10.5 Å². The molecule has 2 amide bonds. The highest BCUT2D eigenvalue weighted by atomic mass is 16.5. The Kier molecular flexibility index (Phi) is 4.47. The van der Waals surface area contributed by atoms with E-state index >= 15 is 0 Å². The molecule has 1 saturated heterocycles. The predicted octanol–water partition coefficient (Wildman–Crippen LogP) is 1.84. The van der Waals surface area contributed by atoms with E-state index in [4.69, 9.17) is 9.47 Å². The number of benzene rings is 1. The predicted molar refractivity (Wildman–Crippen MR) is 87.1 cm³/mol. The summed E-state index contributed by atoms with van der Waals surface area (Å²) in [5, 5.41) is 5.78. The summed E-state index contributed by atoms with van der Waals surface area (Å²) < 4.78 is 10.6. The summed E-state index contributed by atoms with van der Waals surface area (Å²) in [4.78, 5) is 27.3. The standard InChI is InChI=1S/C16H19N3O4/c1-22-10-4-5-12-13(7-10)17-9-14(15(12)20)19-16(21)18-8-11-3-2-6-23-11/h4-5,7,9,11H,2-3,6,8H2,1H3,(H,17,20)(H2,18,19,21). The summed E-state index contributed by atoms with van der Waals surface area (Å²) in [6, 6.07) is 4.69. The molecule has 2 aromatic rings. The van der Waals surface area contributed by atoms with Crippen LogP contribution in [-0.2, 0) is 4.74 Å². The molecule has 1 aromatic carbocycles. The first kappa shape index (κ1) is 15.4. The van der Waals surface area contributed by atoms with Crippen LogP contribution in [0, 0.1) is 0 Å². The molecule has 3 N–H and O–H groups in total. The van der Waals surface area contributed by atoms with Gasteiger partial charge in [0, 0.05) is 30.8 Å². The van der Waals surface area contributed by atoms with Gasteiger partial charge in [-0.3, -0.25) is 4.79 Å². The van der Waals surface area contributed by atoms with Crippen molar-refractivity contribution in [2.24, 2.45) is 0 Å². The highest BCUT2D eigenvalue weighted by molar-refractivity contribution is 5.92. The van der Waals surface area contributed by atoms with Crippen molar-refractivity contribution in [3.05, 3.63) is 34.6 Å². The Morgan fingerprint density at radius 2 is 2.35 bits per heavy atom. The van der Waals surface area contributed by atoms with Gasteiger partial charge in [-0.2, -0.15) is 0 Å². The molecule has 1 aromatic heterocycles. The number of hydrogen-bond donors (Lipinski definition) is 3. The molecule has 1 fully saturated rings. The van der Waals surface area contributed by atoms with Gasteiger partial charge in [-0.05, 0) is 25.0 Å². The molecular formula is C16H19N3O4. The van der Waals surface area contributed by atoms with Gasteiger partial charge >= 0.3 is 6.03 Å². The van der Waals surface area contributed by atoms with Crippen LogP contribution in [0.25, 0.3) is 10.9 Å². The van der Waals surface area contributed by atoms with Crippen molar-refractivity contribution >= 4 is 22.6 Å². The normalized spacial score (nSPS) is 17.2. The maximum atomic E-state index is 12.4. The minimum Gasteiger partial charge on any atom is -0.497 e. The summed E-state index contributed by atoms with van der Waals surface area (Å²) in [5.74, 6) is 0.656. The highest BCUT2D eigenvalue weighted by Crippen LogP contribution is 2.17. The first-order valence-corrected chi connectivity index (χ1v) is 7.53. The van der Waals surface area contributed by atoms with Crippen LogP contribution in [-0.4, -0.2) is 37.4 Å². The third-order valence-electron chi connectivity index (χ3n) is 3.85. The number of anilines is 1. The number of rotatable bonds is 4. The summed E-state index contributed by atoms with van der Waals surface area (Å²) in [6.07, 6.45) is 3.50. The fraction of sp³-hybridized carbons (Fsp3) is 0.375. The molecule has 1 aliphatic heterocycles. The van der Waals surface area contributed by atoms with E-state index in [2.05, 4.69) is 15.6 Å². The van der Waals surface area contributed by atoms with Gasteiger partial charge in [0.15, 0.2) is 0 Å². The van der Waals surface area contributed by atoms with Crippen LogP contribution in [0.2, 0.25) is 0 Å². The van der Waals surface area contributed by atoms with E-state index in [1.54, 1.807) is 25.3 Å². The lowest BCUT2D eigenvalue weighted by atomic mass is 10.2. The van der Waals surface area contributed by atoms with E-state index < -0.39 is 6.03 Å². The van der Waals surface area contributed by atoms with E-state index in [1.165, 1.54) is 6.20 Å². The Morgan fingerprint density at radius 1 is 1.48 bits per heavy atom. The van der Waals surface area contributed by atoms with Gasteiger partial charge in [0.25, 0.3) is 0 Å². The number of aromatic amines is 1. The number of aromatic nitrogens is 1. The van der Waals surface area contributed by atoms with Gasteiger partial charge in [0.2, 0.25) is 5.43 Å². The molecule has 23 heavy (non-hydrogen) atoms. The van der Waals surface area contributed by atoms with Crippen LogP contribution in [0.3, 0.4) is 0 Å². The Morgan fingerprint density at radius 3 is 3.09 bits per heavy atom. The molecule has 7 heteroatoms. The molecule has 0 aliphatic carbocycles. The van der Waals surface area contributed by atoms with Crippen molar-refractivity contribution in [3.63, 3.8) is 0 Å². The van der Waals surface area contributed by atoms with Crippen molar-refractivity contribution in [1.82, 2.24) is 10.3 Å². The van der Waals surface area contributed by atoms with Gasteiger partial charge in [0.1, 0.15) is 11.4 Å². The maximum absolute atomic E-state index is 12.4. The number of pyridine rings is 1. The molecular weight excluding hydrogens is 298 g/mol. The summed E-state index contributed by atoms with van der Waals surface area (Å²) in [6.45, 7) is 1.18. The third-order valence-corrected chi connectivity index (χ3v) is 3.85. The Bertz CT molecular complexity index is 765. The number of hydrogen-bond acceptors (Lipinski definition) is 4. The number of amides is 2. The van der Waals surface area contributed by atoms with Crippen molar-refractivity contribution < 1.29 is 14.3 Å². The lowest BCUT2D eigenvalue weighted by Crippen LogP contribution is -2.36. The lowest BCUT2D eigenvalue weighted by Gasteiger charge is -2.12. The van der Waals surface area contributed by atoms with E-state index in [9.17, 15) is 9.59 Å². The molecule has 1 aliphatic rings. The van der Waals surface area contributed by atoms with Gasteiger partial charge in [-0.1, -0.05) is 0 Å². The topological polar surface area (TPSA) is 92.4 Å². The highest BCUT2D eigenvalue weighted by Gasteiger charge is 2.16. The third kappa shape index (κ3) is 3.45. The molecule has 0 saturated carbocycles. The van der Waals surface area contributed by atoms with Gasteiger partial charge in [-0.25, -0.2) is 4.79 Å². The van der Waals surface area contributed by atoms with Gasteiger partial charge in [0.05, 0.1) is 18.7 Å². The van der Waals surface area contributed by atoms with Crippen molar-refractivity contribution in [1.29, 1.82) is 0 Å².